The molecule has 0 spiro atoms. The first-order valence-corrected chi connectivity index (χ1v) is 14.7. The SMILES string of the molecule is COc1cc(F)ccc1COc1cccc(N2CCN(Cc3nc4c(OC)cc(C(=O)O)cc4n3C[C@@H]3CCO3)[C@@H](C)C2)n1. The number of carboxylic acids is 1. The molecule has 11 nitrogen and oxygen atoms in total. The lowest BCUT2D eigenvalue weighted by atomic mass is 10.1. The van der Waals surface area contributed by atoms with Crippen LogP contribution in [0.4, 0.5) is 10.2 Å². The van der Waals surface area contributed by atoms with Gasteiger partial charge in [0.05, 0.1) is 44.5 Å². The summed E-state index contributed by atoms with van der Waals surface area (Å²) in [4.78, 5) is 26.1. The van der Waals surface area contributed by atoms with Gasteiger partial charge in [0.25, 0.3) is 0 Å². The second-order valence-corrected chi connectivity index (χ2v) is 11.1. The summed E-state index contributed by atoms with van der Waals surface area (Å²) in [5.41, 5.74) is 2.28. The van der Waals surface area contributed by atoms with E-state index in [2.05, 4.69) is 21.3 Å². The topological polar surface area (TPSA) is 111 Å². The maximum absolute atomic E-state index is 13.6. The normalized spacial score (nSPS) is 18.7. The summed E-state index contributed by atoms with van der Waals surface area (Å²) in [5, 5.41) is 9.69. The minimum Gasteiger partial charge on any atom is -0.496 e. The van der Waals surface area contributed by atoms with Crippen LogP contribution >= 0.6 is 0 Å². The van der Waals surface area contributed by atoms with Crippen molar-refractivity contribution < 1.29 is 33.2 Å². The standard InChI is InChI=1S/C32H36FN5O6/c1-20-16-37(28-5-4-6-30(34-28)44-19-21-7-8-23(33)15-26(21)41-2)11-10-36(20)18-29-35-31-25(38(29)17-24-9-12-43-24)13-22(32(39)40)14-27(31)42-3/h4-8,13-15,20,24H,9-12,16-19H2,1-3H3,(H,39,40)/t20-,24-/m0/s1. The second-order valence-electron chi connectivity index (χ2n) is 11.1. The molecule has 0 radical (unpaired) electrons. The average molecular weight is 606 g/mol. The van der Waals surface area contributed by atoms with E-state index in [1.807, 2.05) is 12.1 Å². The number of piperazine rings is 1. The molecule has 2 fully saturated rings. The lowest BCUT2D eigenvalue weighted by Crippen LogP contribution is -2.52. The molecule has 44 heavy (non-hydrogen) atoms. The zero-order valence-corrected chi connectivity index (χ0v) is 25.0. The molecule has 2 aromatic heterocycles. The summed E-state index contributed by atoms with van der Waals surface area (Å²) in [5.74, 6) is 1.64. The van der Waals surface area contributed by atoms with Gasteiger partial charge in [-0.1, -0.05) is 6.07 Å². The maximum atomic E-state index is 13.6. The molecule has 4 aromatic rings. The molecular formula is C32H36FN5O6. The summed E-state index contributed by atoms with van der Waals surface area (Å²) in [6.07, 6.45) is 1.03. The third-order valence-corrected chi connectivity index (χ3v) is 8.31. The Morgan fingerprint density at radius 3 is 2.61 bits per heavy atom. The first-order chi connectivity index (χ1) is 21.3. The molecule has 12 heteroatoms. The van der Waals surface area contributed by atoms with E-state index in [0.717, 1.165) is 55.4 Å². The number of aromatic nitrogens is 3. The molecule has 0 aliphatic carbocycles. The Balaban J connectivity index is 1.16. The fourth-order valence-corrected chi connectivity index (χ4v) is 5.75. The number of ether oxygens (including phenoxy) is 4. The number of imidazole rings is 1. The molecule has 0 saturated carbocycles. The molecule has 2 aliphatic rings. The number of carbonyl (C=O) groups is 1. The van der Waals surface area contributed by atoms with Crippen molar-refractivity contribution in [3.05, 3.63) is 71.3 Å². The van der Waals surface area contributed by atoms with E-state index in [0.29, 0.717) is 36.0 Å². The molecule has 1 N–H and O–H groups in total. The Morgan fingerprint density at radius 1 is 1.09 bits per heavy atom. The van der Waals surface area contributed by atoms with Crippen LogP contribution in [0.25, 0.3) is 11.0 Å². The van der Waals surface area contributed by atoms with Gasteiger partial charge in [0.15, 0.2) is 0 Å². The summed E-state index contributed by atoms with van der Waals surface area (Å²) >= 11 is 0. The van der Waals surface area contributed by atoms with Crippen LogP contribution in [0.15, 0.2) is 48.5 Å². The largest absolute Gasteiger partial charge is 0.496 e. The van der Waals surface area contributed by atoms with Gasteiger partial charge in [-0.25, -0.2) is 14.2 Å². The molecule has 2 aromatic carbocycles. The van der Waals surface area contributed by atoms with Crippen LogP contribution in [0.1, 0.15) is 35.1 Å². The lowest BCUT2D eigenvalue weighted by molar-refractivity contribution is -0.0592. The van der Waals surface area contributed by atoms with Crippen molar-refractivity contribution in [1.29, 1.82) is 0 Å². The van der Waals surface area contributed by atoms with Crippen molar-refractivity contribution in [2.45, 2.75) is 45.2 Å². The van der Waals surface area contributed by atoms with Crippen molar-refractivity contribution in [1.82, 2.24) is 19.4 Å². The number of anilines is 1. The Bertz CT molecular complexity index is 1660. The Labute approximate surface area is 254 Å². The van der Waals surface area contributed by atoms with Gasteiger partial charge in [-0.3, -0.25) is 4.90 Å². The number of rotatable bonds is 11. The van der Waals surface area contributed by atoms with Gasteiger partial charge in [0.1, 0.15) is 41.1 Å². The van der Waals surface area contributed by atoms with Gasteiger partial charge in [-0.05, 0) is 43.7 Å². The van der Waals surface area contributed by atoms with Crippen molar-refractivity contribution in [2.75, 3.05) is 45.4 Å². The van der Waals surface area contributed by atoms with Crippen molar-refractivity contribution in [3.8, 4) is 17.4 Å². The van der Waals surface area contributed by atoms with Gasteiger partial charge < -0.3 is 33.5 Å². The third-order valence-electron chi connectivity index (χ3n) is 8.31. The van der Waals surface area contributed by atoms with Crippen LogP contribution in [0.5, 0.6) is 17.4 Å². The Hall–Kier alpha value is -4.42. The zero-order valence-electron chi connectivity index (χ0n) is 25.0. The first-order valence-electron chi connectivity index (χ1n) is 14.7. The van der Waals surface area contributed by atoms with Crippen LogP contribution < -0.4 is 19.1 Å². The van der Waals surface area contributed by atoms with Gasteiger partial charge in [-0.2, -0.15) is 4.98 Å². The number of hydrogen-bond acceptors (Lipinski definition) is 9. The monoisotopic (exact) mass is 605 g/mol. The minimum atomic E-state index is -1.01. The maximum Gasteiger partial charge on any atom is 0.335 e. The first kappa shape index (κ1) is 29.6. The van der Waals surface area contributed by atoms with Crippen molar-refractivity contribution in [3.63, 3.8) is 0 Å². The van der Waals surface area contributed by atoms with Gasteiger partial charge in [0.2, 0.25) is 5.88 Å². The average Bonchev–Trinajstić information content (AvgIpc) is 3.35. The number of carboxylic acid groups (broad SMARTS) is 1. The highest BCUT2D eigenvalue weighted by Crippen LogP contribution is 2.31. The number of methoxy groups -OCH3 is 2. The molecule has 0 bridgehead atoms. The van der Waals surface area contributed by atoms with Gasteiger partial charge in [-0.15, -0.1) is 0 Å². The highest BCUT2D eigenvalue weighted by molar-refractivity contribution is 5.95. The van der Waals surface area contributed by atoms with Crippen LogP contribution in [0, 0.1) is 5.82 Å². The molecule has 2 aliphatic heterocycles. The fraction of sp³-hybridized carbons (Fsp3) is 0.406. The number of aromatic carboxylic acids is 1. The predicted octanol–water partition coefficient (Wildman–Crippen LogP) is 4.36. The van der Waals surface area contributed by atoms with Crippen LogP contribution in [-0.4, -0.2) is 83.1 Å². The van der Waals surface area contributed by atoms with Gasteiger partial charge >= 0.3 is 5.97 Å². The summed E-state index contributed by atoms with van der Waals surface area (Å²) < 4.78 is 38.2. The minimum absolute atomic E-state index is 0.0737. The number of fused-ring (bicyclic) bond motifs is 1. The van der Waals surface area contributed by atoms with E-state index < -0.39 is 5.97 Å². The molecule has 2 saturated heterocycles. The third kappa shape index (κ3) is 6.13. The number of halogens is 1. The van der Waals surface area contributed by atoms with Gasteiger partial charge in [0, 0.05) is 50.0 Å². The van der Waals surface area contributed by atoms with E-state index >= 15 is 0 Å². The Kier molecular flexibility index (Phi) is 8.53. The fourth-order valence-electron chi connectivity index (χ4n) is 5.75. The highest BCUT2D eigenvalue weighted by atomic mass is 19.1. The van der Waals surface area contributed by atoms with E-state index in [-0.39, 0.29) is 30.1 Å². The van der Waals surface area contributed by atoms with Crippen molar-refractivity contribution in [2.24, 2.45) is 0 Å². The summed E-state index contributed by atoms with van der Waals surface area (Å²) in [7, 11) is 3.03. The molecule has 232 valence electrons. The van der Waals surface area contributed by atoms with Crippen LogP contribution in [0.3, 0.4) is 0 Å². The number of benzene rings is 2. The Morgan fingerprint density at radius 2 is 1.91 bits per heavy atom. The van der Waals surface area contributed by atoms with Crippen molar-refractivity contribution >= 4 is 22.8 Å². The second kappa shape index (κ2) is 12.7. The van der Waals surface area contributed by atoms with E-state index in [1.54, 1.807) is 18.2 Å². The quantitative estimate of drug-likeness (QED) is 0.265. The number of hydrogen-bond donors (Lipinski definition) is 1. The molecule has 0 amide bonds. The highest BCUT2D eigenvalue weighted by Gasteiger charge is 2.29. The molecule has 0 unspecified atom stereocenters. The zero-order chi connectivity index (χ0) is 30.8. The predicted molar refractivity (Wildman–Crippen MR) is 161 cm³/mol. The van der Waals surface area contributed by atoms with E-state index in [1.165, 1.54) is 32.4 Å². The molecule has 2 atom stereocenters. The number of nitrogens with zero attached hydrogens (tertiary/aromatic N) is 5. The van der Waals surface area contributed by atoms with E-state index in [9.17, 15) is 14.3 Å². The van der Waals surface area contributed by atoms with Crippen LogP contribution in [0.2, 0.25) is 0 Å². The van der Waals surface area contributed by atoms with E-state index in [4.69, 9.17) is 28.9 Å². The summed E-state index contributed by atoms with van der Waals surface area (Å²) in [6.45, 7) is 6.60. The van der Waals surface area contributed by atoms with Crippen LogP contribution in [-0.2, 0) is 24.4 Å². The molecular weight excluding hydrogens is 569 g/mol. The number of pyridine rings is 1. The summed E-state index contributed by atoms with van der Waals surface area (Å²) in [6, 6.07) is 13.4. The molecule has 6 rings (SSSR count). The lowest BCUT2D eigenvalue weighted by Gasteiger charge is -2.40. The smallest absolute Gasteiger partial charge is 0.335 e. The molecule has 4 heterocycles.